The van der Waals surface area contributed by atoms with Gasteiger partial charge in [0.05, 0.1) is 0 Å². The quantitative estimate of drug-likeness (QED) is 0.798. The zero-order valence-electron chi connectivity index (χ0n) is 11.1. The zero-order valence-corrected chi connectivity index (χ0v) is 11.1. The molecule has 2 N–H and O–H groups in total. The molecule has 0 atom stereocenters. The van der Waals surface area contributed by atoms with Gasteiger partial charge >= 0.3 is 0 Å². The van der Waals surface area contributed by atoms with E-state index in [0.717, 1.165) is 12.1 Å². The minimum atomic E-state index is -0.614. The molecule has 0 bridgehead atoms. The molecule has 1 amide bonds. The van der Waals surface area contributed by atoms with E-state index in [1.807, 2.05) is 25.8 Å². The Kier molecular flexibility index (Phi) is 3.21. The summed E-state index contributed by atoms with van der Waals surface area (Å²) in [6, 6.07) is 0. The number of anilines is 1. The number of carbonyl (C=O) groups excluding carboxylic acids is 1. The molecule has 1 saturated heterocycles. The summed E-state index contributed by atoms with van der Waals surface area (Å²) in [6.07, 6.45) is 3.42. The van der Waals surface area contributed by atoms with E-state index in [4.69, 9.17) is 5.73 Å². The van der Waals surface area contributed by atoms with E-state index in [2.05, 4.69) is 9.97 Å². The van der Waals surface area contributed by atoms with Crippen molar-refractivity contribution in [3.8, 4) is 0 Å². The molecule has 0 aliphatic carbocycles. The Morgan fingerprint density at radius 1 is 1.33 bits per heavy atom. The van der Waals surface area contributed by atoms with E-state index in [1.54, 1.807) is 17.3 Å². The van der Waals surface area contributed by atoms with Crippen molar-refractivity contribution >= 4 is 11.9 Å². The summed E-state index contributed by atoms with van der Waals surface area (Å²) in [5.74, 6) is 0.666. The first-order chi connectivity index (χ1) is 8.46. The fraction of sp³-hybridized carbons (Fsp3) is 0.583. The molecule has 1 aromatic heterocycles. The number of nitrogens with two attached hydrogens (primary N) is 1. The standard InChI is InChI=1S/C12H19N5O/c1-12(2)10(18)16(3)4-5-17(12)11-14-7-9(6-13)8-15-11/h7-8H,4-6,13H2,1-3H3. The number of rotatable bonds is 2. The Morgan fingerprint density at radius 3 is 2.50 bits per heavy atom. The first-order valence-corrected chi connectivity index (χ1v) is 6.01. The third-order valence-corrected chi connectivity index (χ3v) is 3.37. The highest BCUT2D eigenvalue weighted by atomic mass is 16.2. The summed E-state index contributed by atoms with van der Waals surface area (Å²) in [7, 11) is 1.82. The highest BCUT2D eigenvalue weighted by Crippen LogP contribution is 2.25. The Bertz CT molecular complexity index is 442. The number of amides is 1. The second kappa shape index (κ2) is 4.53. The molecule has 6 nitrogen and oxygen atoms in total. The minimum Gasteiger partial charge on any atom is -0.342 e. The number of piperazine rings is 1. The van der Waals surface area contributed by atoms with Gasteiger partial charge in [-0.25, -0.2) is 9.97 Å². The van der Waals surface area contributed by atoms with Crippen LogP contribution in [0.4, 0.5) is 5.95 Å². The van der Waals surface area contributed by atoms with Gasteiger partial charge in [0.1, 0.15) is 5.54 Å². The predicted molar refractivity (Wildman–Crippen MR) is 69.0 cm³/mol. The molecular formula is C12H19N5O. The highest BCUT2D eigenvalue weighted by molar-refractivity contribution is 5.89. The third-order valence-electron chi connectivity index (χ3n) is 3.37. The maximum Gasteiger partial charge on any atom is 0.247 e. The van der Waals surface area contributed by atoms with Gasteiger partial charge in [0.2, 0.25) is 11.9 Å². The molecule has 2 rings (SSSR count). The van der Waals surface area contributed by atoms with Crippen LogP contribution in [0.15, 0.2) is 12.4 Å². The molecule has 1 fully saturated rings. The van der Waals surface area contributed by atoms with E-state index < -0.39 is 5.54 Å². The monoisotopic (exact) mass is 249 g/mol. The molecule has 1 aliphatic heterocycles. The number of carbonyl (C=O) groups is 1. The summed E-state index contributed by atoms with van der Waals surface area (Å²) in [5, 5.41) is 0. The Labute approximate surface area is 107 Å². The Hall–Kier alpha value is -1.69. The van der Waals surface area contributed by atoms with E-state index in [9.17, 15) is 4.79 Å². The van der Waals surface area contributed by atoms with Gasteiger partial charge in [-0.1, -0.05) is 0 Å². The van der Waals surface area contributed by atoms with Gasteiger partial charge in [0.15, 0.2) is 0 Å². The maximum atomic E-state index is 12.2. The molecule has 2 heterocycles. The van der Waals surface area contributed by atoms with Crippen LogP contribution in [-0.4, -0.2) is 46.5 Å². The van der Waals surface area contributed by atoms with Crippen molar-refractivity contribution in [3.63, 3.8) is 0 Å². The molecule has 0 unspecified atom stereocenters. The van der Waals surface area contributed by atoms with Crippen LogP contribution in [0.3, 0.4) is 0 Å². The lowest BCUT2D eigenvalue weighted by atomic mass is 9.98. The number of likely N-dealkylation sites (N-methyl/N-ethyl adjacent to an activating group) is 1. The summed E-state index contributed by atoms with van der Waals surface area (Å²) >= 11 is 0. The molecule has 18 heavy (non-hydrogen) atoms. The van der Waals surface area contributed by atoms with Crippen LogP contribution < -0.4 is 10.6 Å². The van der Waals surface area contributed by atoms with Gasteiger partial charge in [-0.2, -0.15) is 0 Å². The maximum absolute atomic E-state index is 12.2. The molecule has 1 aromatic rings. The smallest absolute Gasteiger partial charge is 0.247 e. The topological polar surface area (TPSA) is 75.3 Å². The average Bonchev–Trinajstić information content (AvgIpc) is 2.36. The summed E-state index contributed by atoms with van der Waals surface area (Å²) in [5.41, 5.74) is 5.79. The summed E-state index contributed by atoms with van der Waals surface area (Å²) in [4.78, 5) is 24.4. The van der Waals surface area contributed by atoms with Crippen molar-refractivity contribution < 1.29 is 4.79 Å². The van der Waals surface area contributed by atoms with E-state index in [0.29, 0.717) is 19.0 Å². The van der Waals surface area contributed by atoms with Crippen molar-refractivity contribution in [2.24, 2.45) is 5.73 Å². The lowest BCUT2D eigenvalue weighted by molar-refractivity contribution is -0.136. The molecule has 98 valence electrons. The number of aromatic nitrogens is 2. The largest absolute Gasteiger partial charge is 0.342 e. The predicted octanol–water partition coefficient (Wildman–Crippen LogP) is -0.00770. The Morgan fingerprint density at radius 2 is 1.94 bits per heavy atom. The molecule has 0 aromatic carbocycles. The van der Waals surface area contributed by atoms with Crippen molar-refractivity contribution in [1.82, 2.24) is 14.9 Å². The zero-order chi connectivity index (χ0) is 13.3. The van der Waals surface area contributed by atoms with Crippen molar-refractivity contribution in [2.75, 3.05) is 25.0 Å². The second-order valence-corrected chi connectivity index (χ2v) is 5.03. The third kappa shape index (κ3) is 2.03. The van der Waals surface area contributed by atoms with Crippen LogP contribution in [0.25, 0.3) is 0 Å². The Balaban J connectivity index is 2.29. The fourth-order valence-electron chi connectivity index (χ4n) is 2.16. The molecule has 0 saturated carbocycles. The average molecular weight is 249 g/mol. The lowest BCUT2D eigenvalue weighted by Crippen LogP contribution is -2.62. The molecule has 0 spiro atoms. The normalized spacial score (nSPS) is 19.2. The lowest BCUT2D eigenvalue weighted by Gasteiger charge is -2.44. The van der Waals surface area contributed by atoms with Gasteiger partial charge in [0, 0.05) is 44.6 Å². The van der Waals surface area contributed by atoms with Gasteiger partial charge in [-0.05, 0) is 13.8 Å². The van der Waals surface area contributed by atoms with Gasteiger partial charge in [-0.15, -0.1) is 0 Å². The summed E-state index contributed by atoms with van der Waals surface area (Å²) < 4.78 is 0. The van der Waals surface area contributed by atoms with E-state index >= 15 is 0 Å². The minimum absolute atomic E-state index is 0.0836. The van der Waals surface area contributed by atoms with Crippen LogP contribution in [0.1, 0.15) is 19.4 Å². The fourth-order valence-corrected chi connectivity index (χ4v) is 2.16. The molecule has 0 radical (unpaired) electrons. The van der Waals surface area contributed by atoms with Crippen LogP contribution in [0.2, 0.25) is 0 Å². The number of hydrogen-bond donors (Lipinski definition) is 1. The first-order valence-electron chi connectivity index (χ1n) is 6.01. The highest BCUT2D eigenvalue weighted by Gasteiger charge is 2.41. The molecule has 6 heteroatoms. The van der Waals surface area contributed by atoms with Crippen LogP contribution >= 0.6 is 0 Å². The van der Waals surface area contributed by atoms with Gasteiger partial charge in [-0.3, -0.25) is 4.79 Å². The van der Waals surface area contributed by atoms with Crippen molar-refractivity contribution in [3.05, 3.63) is 18.0 Å². The van der Waals surface area contributed by atoms with E-state index in [-0.39, 0.29) is 5.91 Å². The van der Waals surface area contributed by atoms with Crippen molar-refractivity contribution in [1.29, 1.82) is 0 Å². The van der Waals surface area contributed by atoms with Crippen LogP contribution in [0, 0.1) is 0 Å². The van der Waals surface area contributed by atoms with Crippen LogP contribution in [-0.2, 0) is 11.3 Å². The first kappa shape index (κ1) is 12.8. The van der Waals surface area contributed by atoms with E-state index in [1.165, 1.54) is 0 Å². The second-order valence-electron chi connectivity index (χ2n) is 5.03. The summed E-state index contributed by atoms with van der Waals surface area (Å²) in [6.45, 7) is 5.63. The van der Waals surface area contributed by atoms with Crippen molar-refractivity contribution in [2.45, 2.75) is 25.9 Å². The SMILES string of the molecule is CN1CCN(c2ncc(CN)cn2)C(C)(C)C1=O. The molecule has 1 aliphatic rings. The van der Waals surface area contributed by atoms with Gasteiger partial charge in [0.25, 0.3) is 0 Å². The van der Waals surface area contributed by atoms with Crippen LogP contribution in [0.5, 0.6) is 0 Å². The number of nitrogens with zero attached hydrogens (tertiary/aromatic N) is 4. The van der Waals surface area contributed by atoms with Gasteiger partial charge < -0.3 is 15.5 Å². The molecular weight excluding hydrogens is 230 g/mol. The number of hydrogen-bond acceptors (Lipinski definition) is 5.